The number of nitrogens with zero attached hydrogens (tertiary/aromatic N) is 1. The van der Waals surface area contributed by atoms with E-state index < -0.39 is 23.4 Å². The Morgan fingerprint density at radius 2 is 1.93 bits per heavy atom. The first-order chi connectivity index (χ1) is 13.9. The van der Waals surface area contributed by atoms with Crippen LogP contribution in [0.15, 0.2) is 42.5 Å². The van der Waals surface area contributed by atoms with Gasteiger partial charge in [0.05, 0.1) is 0 Å². The first-order valence-corrected chi connectivity index (χ1v) is 9.24. The molecule has 1 saturated heterocycles. The van der Waals surface area contributed by atoms with E-state index in [1.165, 1.54) is 0 Å². The number of fused-ring (bicyclic) bond motifs is 1. The molecule has 2 aliphatic heterocycles. The van der Waals surface area contributed by atoms with Crippen molar-refractivity contribution in [3.05, 3.63) is 59.2 Å². The van der Waals surface area contributed by atoms with Gasteiger partial charge in [-0.05, 0) is 42.7 Å². The van der Waals surface area contributed by atoms with Crippen molar-refractivity contribution >= 4 is 17.8 Å². The summed E-state index contributed by atoms with van der Waals surface area (Å²) >= 11 is 0. The van der Waals surface area contributed by atoms with Crippen molar-refractivity contribution < 1.29 is 23.9 Å². The zero-order valence-corrected chi connectivity index (χ0v) is 16.2. The predicted molar refractivity (Wildman–Crippen MR) is 103 cm³/mol. The smallest absolute Gasteiger partial charge is 0.325 e. The molecule has 2 heterocycles. The van der Waals surface area contributed by atoms with E-state index in [1.54, 1.807) is 25.1 Å². The summed E-state index contributed by atoms with van der Waals surface area (Å²) in [7, 11) is 0. The Bertz CT molecular complexity index is 1010. The predicted octanol–water partition coefficient (Wildman–Crippen LogP) is 1.81. The Kier molecular flexibility index (Phi) is 4.62. The van der Waals surface area contributed by atoms with Gasteiger partial charge in [-0.3, -0.25) is 14.5 Å². The van der Waals surface area contributed by atoms with Gasteiger partial charge in [0.25, 0.3) is 5.91 Å². The van der Waals surface area contributed by atoms with Crippen molar-refractivity contribution in [2.45, 2.75) is 25.9 Å². The second kappa shape index (κ2) is 7.12. The SMILES string of the molecule is Cc1ccccc1CNC(=O)CN1C(=O)N[C@@](C)(c2ccc3c(c2)OCO3)C1=O. The molecule has 0 aromatic heterocycles. The topological polar surface area (TPSA) is 97.0 Å². The monoisotopic (exact) mass is 395 g/mol. The highest BCUT2D eigenvalue weighted by molar-refractivity contribution is 6.09. The number of nitrogens with one attached hydrogen (secondary N) is 2. The lowest BCUT2D eigenvalue weighted by Crippen LogP contribution is -2.43. The number of urea groups is 1. The summed E-state index contributed by atoms with van der Waals surface area (Å²) in [6, 6.07) is 12.1. The lowest BCUT2D eigenvalue weighted by molar-refractivity contribution is -0.134. The van der Waals surface area contributed by atoms with E-state index in [-0.39, 0.29) is 13.3 Å². The van der Waals surface area contributed by atoms with Crippen LogP contribution in [0.1, 0.15) is 23.6 Å². The number of carbonyl (C=O) groups excluding carboxylic acids is 3. The molecule has 0 aliphatic carbocycles. The highest BCUT2D eigenvalue weighted by Gasteiger charge is 2.49. The number of rotatable bonds is 5. The molecule has 0 saturated carbocycles. The standard InChI is InChI=1S/C21H21N3O5/c1-13-5-3-4-6-14(13)10-22-18(25)11-24-19(26)21(2,23-20(24)27)15-7-8-16-17(9-15)29-12-28-16/h3-9H,10-12H2,1-2H3,(H,22,25)(H,23,27)/t21-/m0/s1. The quantitative estimate of drug-likeness (QED) is 0.753. The highest BCUT2D eigenvalue weighted by Crippen LogP contribution is 2.37. The van der Waals surface area contributed by atoms with Gasteiger partial charge in [-0.25, -0.2) is 4.79 Å². The summed E-state index contributed by atoms with van der Waals surface area (Å²) in [5, 5.41) is 5.45. The van der Waals surface area contributed by atoms with Crippen molar-refractivity contribution in [3.63, 3.8) is 0 Å². The third-order valence-corrected chi connectivity index (χ3v) is 5.26. The number of hydrogen-bond acceptors (Lipinski definition) is 5. The maximum Gasteiger partial charge on any atom is 0.325 e. The Morgan fingerprint density at radius 3 is 2.72 bits per heavy atom. The van der Waals surface area contributed by atoms with Crippen LogP contribution in [0.3, 0.4) is 0 Å². The van der Waals surface area contributed by atoms with Gasteiger partial charge in [-0.15, -0.1) is 0 Å². The van der Waals surface area contributed by atoms with Gasteiger partial charge in [-0.2, -0.15) is 0 Å². The van der Waals surface area contributed by atoms with Crippen LogP contribution in [0.25, 0.3) is 0 Å². The molecule has 4 rings (SSSR count). The summed E-state index contributed by atoms with van der Waals surface area (Å²) in [6.07, 6.45) is 0. The molecule has 29 heavy (non-hydrogen) atoms. The van der Waals surface area contributed by atoms with Gasteiger partial charge < -0.3 is 20.1 Å². The molecule has 0 spiro atoms. The lowest BCUT2D eigenvalue weighted by Gasteiger charge is -2.22. The van der Waals surface area contributed by atoms with Crippen LogP contribution >= 0.6 is 0 Å². The van der Waals surface area contributed by atoms with Crippen molar-refractivity contribution in [1.29, 1.82) is 0 Å². The third-order valence-electron chi connectivity index (χ3n) is 5.26. The fraction of sp³-hybridized carbons (Fsp3) is 0.286. The molecular formula is C21H21N3O5. The van der Waals surface area contributed by atoms with E-state index >= 15 is 0 Å². The fourth-order valence-corrected chi connectivity index (χ4v) is 3.45. The molecule has 4 amide bonds. The Labute approximate surface area is 167 Å². The highest BCUT2D eigenvalue weighted by atomic mass is 16.7. The fourth-order valence-electron chi connectivity index (χ4n) is 3.45. The number of aryl methyl sites for hydroxylation is 1. The van der Waals surface area contributed by atoms with Crippen LogP contribution in [0.5, 0.6) is 11.5 Å². The van der Waals surface area contributed by atoms with Crippen LogP contribution in [0.4, 0.5) is 4.79 Å². The van der Waals surface area contributed by atoms with Crippen LogP contribution < -0.4 is 20.1 Å². The molecule has 0 radical (unpaired) electrons. The molecular weight excluding hydrogens is 374 g/mol. The molecule has 8 heteroatoms. The molecule has 0 bridgehead atoms. The van der Waals surface area contributed by atoms with Crippen molar-refractivity contribution in [2.75, 3.05) is 13.3 Å². The van der Waals surface area contributed by atoms with Gasteiger partial charge >= 0.3 is 6.03 Å². The summed E-state index contributed by atoms with van der Waals surface area (Å²) < 4.78 is 10.6. The Balaban J connectivity index is 1.45. The molecule has 0 unspecified atom stereocenters. The second-order valence-electron chi connectivity index (χ2n) is 7.22. The van der Waals surface area contributed by atoms with E-state index in [9.17, 15) is 14.4 Å². The number of amides is 4. The number of ether oxygens (including phenoxy) is 2. The molecule has 150 valence electrons. The van der Waals surface area contributed by atoms with Gasteiger partial charge in [0.2, 0.25) is 12.7 Å². The minimum atomic E-state index is -1.28. The van der Waals surface area contributed by atoms with E-state index in [4.69, 9.17) is 9.47 Å². The molecule has 2 aromatic rings. The Hall–Kier alpha value is -3.55. The second-order valence-corrected chi connectivity index (χ2v) is 7.22. The zero-order chi connectivity index (χ0) is 20.6. The third kappa shape index (κ3) is 3.37. The number of hydrogen-bond donors (Lipinski definition) is 2. The van der Waals surface area contributed by atoms with E-state index in [1.807, 2.05) is 31.2 Å². The lowest BCUT2D eigenvalue weighted by atomic mass is 9.91. The largest absolute Gasteiger partial charge is 0.454 e. The van der Waals surface area contributed by atoms with E-state index in [2.05, 4.69) is 10.6 Å². The number of imide groups is 1. The van der Waals surface area contributed by atoms with Gasteiger partial charge in [0.1, 0.15) is 12.1 Å². The summed E-state index contributed by atoms with van der Waals surface area (Å²) in [5.41, 5.74) is 1.30. The van der Waals surface area contributed by atoms with Gasteiger partial charge in [-0.1, -0.05) is 30.3 Å². The number of benzene rings is 2. The molecule has 8 nitrogen and oxygen atoms in total. The molecule has 1 fully saturated rings. The maximum atomic E-state index is 13.0. The molecule has 2 N–H and O–H groups in total. The molecule has 2 aliphatic rings. The van der Waals surface area contributed by atoms with E-state index in [0.29, 0.717) is 23.6 Å². The first-order valence-electron chi connectivity index (χ1n) is 9.24. The van der Waals surface area contributed by atoms with Crippen LogP contribution in [0, 0.1) is 6.92 Å². The van der Waals surface area contributed by atoms with Gasteiger partial charge in [0, 0.05) is 6.54 Å². The van der Waals surface area contributed by atoms with E-state index in [0.717, 1.165) is 16.0 Å². The first kappa shape index (κ1) is 18.8. The van der Waals surface area contributed by atoms with Crippen molar-refractivity contribution in [2.24, 2.45) is 0 Å². The minimum absolute atomic E-state index is 0.114. The average molecular weight is 395 g/mol. The molecule has 2 aromatic carbocycles. The summed E-state index contributed by atoms with van der Waals surface area (Å²) in [5.74, 6) is 0.195. The normalized spacial score (nSPS) is 20.0. The summed E-state index contributed by atoms with van der Waals surface area (Å²) in [4.78, 5) is 38.7. The van der Waals surface area contributed by atoms with Crippen molar-refractivity contribution in [3.8, 4) is 11.5 Å². The maximum absolute atomic E-state index is 13.0. The average Bonchev–Trinajstić information content (AvgIpc) is 3.26. The molecule has 1 atom stereocenters. The minimum Gasteiger partial charge on any atom is -0.454 e. The number of carbonyl (C=O) groups is 3. The summed E-state index contributed by atoms with van der Waals surface area (Å²) in [6.45, 7) is 3.65. The van der Waals surface area contributed by atoms with Crippen LogP contribution in [0.2, 0.25) is 0 Å². The Morgan fingerprint density at radius 1 is 1.17 bits per heavy atom. The van der Waals surface area contributed by atoms with Crippen LogP contribution in [-0.4, -0.2) is 36.1 Å². The van der Waals surface area contributed by atoms with Crippen LogP contribution in [-0.2, 0) is 21.7 Å². The van der Waals surface area contributed by atoms with Crippen molar-refractivity contribution in [1.82, 2.24) is 15.5 Å². The van der Waals surface area contributed by atoms with Gasteiger partial charge in [0.15, 0.2) is 11.5 Å². The zero-order valence-electron chi connectivity index (χ0n) is 16.2.